The van der Waals surface area contributed by atoms with Crippen molar-refractivity contribution in [1.82, 2.24) is 4.98 Å². The summed E-state index contributed by atoms with van der Waals surface area (Å²) in [7, 11) is 0. The number of fused-ring (bicyclic) bond motifs is 2. The van der Waals surface area contributed by atoms with E-state index in [1.165, 1.54) is 37.5 Å². The standard InChI is InChI=1S/C14H18N2O2S/c1-7-12(8(2)17)19-14(15-7)16-13(18)11-6-9-3-4-10(11)5-9/h9-11H,3-6H2,1-2H3,(H,15,16,18)/t9-,10+,11-/m0/s1. The molecule has 2 aliphatic carbocycles. The third kappa shape index (κ3) is 2.31. The van der Waals surface area contributed by atoms with E-state index in [4.69, 9.17) is 0 Å². The molecule has 2 bridgehead atoms. The van der Waals surface area contributed by atoms with Crippen LogP contribution in [0, 0.1) is 24.7 Å². The number of carbonyl (C=O) groups excluding carboxylic acids is 2. The van der Waals surface area contributed by atoms with Crippen LogP contribution in [-0.2, 0) is 4.79 Å². The predicted octanol–water partition coefficient (Wildman–Crippen LogP) is 3.03. The number of aromatic nitrogens is 1. The van der Waals surface area contributed by atoms with Gasteiger partial charge in [0.25, 0.3) is 0 Å². The summed E-state index contributed by atoms with van der Waals surface area (Å²) in [4.78, 5) is 28.6. The number of thiazole rings is 1. The first-order chi connectivity index (χ1) is 9.04. The lowest BCUT2D eigenvalue weighted by Crippen LogP contribution is -2.27. The second-order valence-electron chi connectivity index (χ2n) is 5.76. The van der Waals surface area contributed by atoms with Crippen molar-refractivity contribution in [3.05, 3.63) is 10.6 Å². The number of nitrogens with zero attached hydrogens (tertiary/aromatic N) is 1. The van der Waals surface area contributed by atoms with E-state index in [9.17, 15) is 9.59 Å². The average molecular weight is 278 g/mol. The van der Waals surface area contributed by atoms with Crippen LogP contribution < -0.4 is 5.32 Å². The number of anilines is 1. The fourth-order valence-corrected chi connectivity index (χ4v) is 4.41. The van der Waals surface area contributed by atoms with Gasteiger partial charge in [0, 0.05) is 12.8 Å². The van der Waals surface area contributed by atoms with Gasteiger partial charge in [-0.25, -0.2) is 4.98 Å². The van der Waals surface area contributed by atoms with Crippen LogP contribution in [-0.4, -0.2) is 16.7 Å². The number of hydrogen-bond donors (Lipinski definition) is 1. The molecule has 5 heteroatoms. The zero-order chi connectivity index (χ0) is 13.6. The molecule has 2 fully saturated rings. The van der Waals surface area contributed by atoms with Crippen LogP contribution in [0.2, 0.25) is 0 Å². The number of hydrogen-bond acceptors (Lipinski definition) is 4. The first kappa shape index (κ1) is 12.8. The molecule has 1 amide bonds. The highest BCUT2D eigenvalue weighted by Crippen LogP contribution is 2.48. The number of Topliss-reactive ketones (excluding diaryl/α,β-unsaturated/α-hetero) is 1. The molecule has 3 rings (SSSR count). The zero-order valence-electron chi connectivity index (χ0n) is 11.2. The van der Waals surface area contributed by atoms with Crippen molar-refractivity contribution in [2.45, 2.75) is 39.5 Å². The lowest BCUT2D eigenvalue weighted by molar-refractivity contribution is -0.121. The Balaban J connectivity index is 1.70. The van der Waals surface area contributed by atoms with E-state index in [2.05, 4.69) is 10.3 Å². The van der Waals surface area contributed by atoms with Gasteiger partial charge in [-0.3, -0.25) is 9.59 Å². The molecule has 0 saturated heterocycles. The molecule has 0 radical (unpaired) electrons. The Morgan fingerprint density at radius 2 is 2.11 bits per heavy atom. The highest BCUT2D eigenvalue weighted by molar-refractivity contribution is 7.17. The number of carbonyl (C=O) groups is 2. The third-order valence-corrected chi connectivity index (χ3v) is 5.60. The Morgan fingerprint density at radius 3 is 2.63 bits per heavy atom. The molecule has 0 unspecified atom stereocenters. The Labute approximate surface area is 116 Å². The smallest absolute Gasteiger partial charge is 0.229 e. The van der Waals surface area contributed by atoms with Crippen molar-refractivity contribution in [2.75, 3.05) is 5.32 Å². The number of aryl methyl sites for hydroxylation is 1. The molecule has 0 spiro atoms. The molecular weight excluding hydrogens is 260 g/mol. The van der Waals surface area contributed by atoms with Gasteiger partial charge in [-0.15, -0.1) is 0 Å². The van der Waals surface area contributed by atoms with E-state index in [1.54, 1.807) is 6.92 Å². The SMILES string of the molecule is CC(=O)c1sc(NC(=O)[C@H]2C[C@H]3CC[C@@H]2C3)nc1C. The largest absolute Gasteiger partial charge is 0.302 e. The molecule has 3 atom stereocenters. The lowest BCUT2D eigenvalue weighted by atomic mass is 9.88. The minimum absolute atomic E-state index is 0.00965. The van der Waals surface area contributed by atoms with Gasteiger partial charge < -0.3 is 5.32 Å². The molecule has 102 valence electrons. The van der Waals surface area contributed by atoms with Gasteiger partial charge in [0.2, 0.25) is 5.91 Å². The quantitative estimate of drug-likeness (QED) is 0.865. The van der Waals surface area contributed by atoms with E-state index in [-0.39, 0.29) is 17.6 Å². The van der Waals surface area contributed by atoms with Gasteiger partial charge in [-0.1, -0.05) is 17.8 Å². The summed E-state index contributed by atoms with van der Waals surface area (Å²) in [6.07, 6.45) is 4.73. The average Bonchev–Trinajstić information content (AvgIpc) is 3.03. The topological polar surface area (TPSA) is 59.1 Å². The summed E-state index contributed by atoms with van der Waals surface area (Å²) in [5, 5.41) is 3.47. The molecule has 4 nitrogen and oxygen atoms in total. The van der Waals surface area contributed by atoms with Gasteiger partial charge >= 0.3 is 0 Å². The summed E-state index contributed by atoms with van der Waals surface area (Å²) >= 11 is 1.28. The zero-order valence-corrected chi connectivity index (χ0v) is 12.0. The molecule has 1 aromatic rings. The van der Waals surface area contributed by atoms with Crippen molar-refractivity contribution in [3.8, 4) is 0 Å². The van der Waals surface area contributed by atoms with E-state index in [0.29, 0.717) is 21.6 Å². The summed E-state index contributed by atoms with van der Waals surface area (Å²) in [6.45, 7) is 3.34. The fraction of sp³-hybridized carbons (Fsp3) is 0.643. The highest BCUT2D eigenvalue weighted by atomic mass is 32.1. The Hall–Kier alpha value is -1.23. The predicted molar refractivity (Wildman–Crippen MR) is 74.4 cm³/mol. The summed E-state index contributed by atoms with van der Waals surface area (Å²) in [6, 6.07) is 0. The normalized spacial score (nSPS) is 28.6. The highest BCUT2D eigenvalue weighted by Gasteiger charge is 2.43. The monoisotopic (exact) mass is 278 g/mol. The van der Waals surface area contributed by atoms with Crippen LogP contribution in [0.4, 0.5) is 5.13 Å². The molecule has 2 saturated carbocycles. The van der Waals surface area contributed by atoms with Gasteiger partial charge in [0.15, 0.2) is 10.9 Å². The molecule has 19 heavy (non-hydrogen) atoms. The van der Waals surface area contributed by atoms with Crippen molar-refractivity contribution in [2.24, 2.45) is 17.8 Å². The third-order valence-electron chi connectivity index (χ3n) is 4.42. The number of ketones is 1. The first-order valence-electron chi connectivity index (χ1n) is 6.84. The van der Waals surface area contributed by atoms with Gasteiger partial charge in [-0.05, 0) is 38.0 Å². The van der Waals surface area contributed by atoms with Crippen LogP contribution >= 0.6 is 11.3 Å². The summed E-state index contributed by atoms with van der Waals surface area (Å²) in [5.41, 5.74) is 0.709. The fourth-order valence-electron chi connectivity index (χ4n) is 3.54. The Bertz CT molecular complexity index is 538. The maximum absolute atomic E-state index is 12.3. The van der Waals surface area contributed by atoms with E-state index >= 15 is 0 Å². The maximum atomic E-state index is 12.3. The molecule has 2 aliphatic rings. The van der Waals surface area contributed by atoms with Crippen LogP contribution in [0.3, 0.4) is 0 Å². The molecule has 1 N–H and O–H groups in total. The second-order valence-corrected chi connectivity index (χ2v) is 6.76. The molecule has 1 heterocycles. The molecular formula is C14H18N2O2S. The van der Waals surface area contributed by atoms with Crippen molar-refractivity contribution in [3.63, 3.8) is 0 Å². The van der Waals surface area contributed by atoms with Crippen molar-refractivity contribution < 1.29 is 9.59 Å². The van der Waals surface area contributed by atoms with E-state index in [0.717, 1.165) is 12.3 Å². The number of amides is 1. The summed E-state index contributed by atoms with van der Waals surface area (Å²) < 4.78 is 0. The minimum atomic E-state index is 0.00965. The molecule has 1 aromatic heterocycles. The lowest BCUT2D eigenvalue weighted by Gasteiger charge is -2.19. The van der Waals surface area contributed by atoms with E-state index in [1.807, 2.05) is 0 Å². The maximum Gasteiger partial charge on any atom is 0.229 e. The van der Waals surface area contributed by atoms with Crippen LogP contribution in [0.25, 0.3) is 0 Å². The molecule has 0 aliphatic heterocycles. The van der Waals surface area contributed by atoms with Gasteiger partial charge in [0.1, 0.15) is 0 Å². The number of rotatable bonds is 3. The Morgan fingerprint density at radius 1 is 1.32 bits per heavy atom. The summed E-state index contributed by atoms with van der Waals surface area (Å²) in [5.74, 6) is 1.58. The Kier molecular flexibility index (Phi) is 3.17. The van der Waals surface area contributed by atoms with Crippen molar-refractivity contribution >= 4 is 28.2 Å². The first-order valence-corrected chi connectivity index (χ1v) is 7.65. The van der Waals surface area contributed by atoms with Crippen molar-refractivity contribution in [1.29, 1.82) is 0 Å². The van der Waals surface area contributed by atoms with Gasteiger partial charge in [-0.2, -0.15) is 0 Å². The van der Waals surface area contributed by atoms with Crippen LogP contribution in [0.1, 0.15) is 48.0 Å². The van der Waals surface area contributed by atoms with Crippen LogP contribution in [0.15, 0.2) is 0 Å². The van der Waals surface area contributed by atoms with Gasteiger partial charge in [0.05, 0.1) is 10.6 Å². The molecule has 0 aromatic carbocycles. The number of nitrogens with one attached hydrogen (secondary N) is 1. The van der Waals surface area contributed by atoms with E-state index < -0.39 is 0 Å². The van der Waals surface area contributed by atoms with Crippen LogP contribution in [0.5, 0.6) is 0 Å². The second kappa shape index (κ2) is 4.71. The minimum Gasteiger partial charge on any atom is -0.302 e.